The second-order valence-electron chi connectivity index (χ2n) is 5.02. The number of pyridine rings is 1. The molecule has 0 saturated heterocycles. The molecular weight excluding hydrogens is 260 g/mol. The average Bonchev–Trinajstić information content (AvgIpc) is 2.64. The third-order valence-corrected chi connectivity index (χ3v) is 3.54. The average molecular weight is 278 g/mol. The fourth-order valence-corrected chi connectivity index (χ4v) is 2.35. The molecule has 2 atom stereocenters. The van der Waals surface area contributed by atoms with Gasteiger partial charge in [-0.05, 0) is 25.0 Å². The van der Waals surface area contributed by atoms with Crippen LogP contribution >= 0.6 is 0 Å². The van der Waals surface area contributed by atoms with Crippen molar-refractivity contribution in [1.82, 2.24) is 10.3 Å². The molecule has 1 aliphatic rings. The van der Waals surface area contributed by atoms with E-state index in [4.69, 9.17) is 5.11 Å². The zero-order chi connectivity index (χ0) is 14.5. The topological polar surface area (TPSA) is 99.5 Å². The molecule has 0 aliphatic heterocycles. The van der Waals surface area contributed by atoms with Crippen molar-refractivity contribution in [1.29, 1.82) is 0 Å². The number of aromatic nitrogens is 1. The van der Waals surface area contributed by atoms with Crippen molar-refractivity contribution in [3.05, 3.63) is 29.6 Å². The zero-order valence-electron chi connectivity index (χ0n) is 11.1. The third kappa shape index (κ3) is 3.54. The molecule has 20 heavy (non-hydrogen) atoms. The maximum absolute atomic E-state index is 12.0. The maximum atomic E-state index is 12.0. The van der Waals surface area contributed by atoms with E-state index in [2.05, 4.69) is 10.3 Å². The van der Waals surface area contributed by atoms with Crippen LogP contribution in [0.4, 0.5) is 0 Å². The molecular formula is C14H18N2O4. The minimum atomic E-state index is -1.08. The van der Waals surface area contributed by atoms with Gasteiger partial charge in [-0.25, -0.2) is 4.79 Å². The third-order valence-electron chi connectivity index (χ3n) is 3.54. The van der Waals surface area contributed by atoms with Crippen LogP contribution in [0.25, 0.3) is 0 Å². The number of aliphatic hydroxyl groups excluding tert-OH is 1. The molecule has 108 valence electrons. The Morgan fingerprint density at radius 2 is 1.95 bits per heavy atom. The van der Waals surface area contributed by atoms with Crippen molar-refractivity contribution in [2.45, 2.75) is 44.2 Å². The Labute approximate surface area is 116 Å². The summed E-state index contributed by atoms with van der Waals surface area (Å²) in [5, 5.41) is 21.5. The maximum Gasteiger partial charge on any atom is 0.337 e. The van der Waals surface area contributed by atoms with Crippen molar-refractivity contribution in [2.75, 3.05) is 0 Å². The number of aliphatic hydroxyl groups is 1. The van der Waals surface area contributed by atoms with Crippen LogP contribution in [-0.4, -0.2) is 39.2 Å². The summed E-state index contributed by atoms with van der Waals surface area (Å²) in [6.07, 6.45) is 5.08. The van der Waals surface area contributed by atoms with Crippen molar-refractivity contribution in [3.8, 4) is 0 Å². The number of carboxylic acids is 1. The molecule has 6 nitrogen and oxygen atoms in total. The summed E-state index contributed by atoms with van der Waals surface area (Å²) in [5.41, 5.74) is 0.197. The van der Waals surface area contributed by atoms with Crippen LogP contribution in [0.3, 0.4) is 0 Å². The van der Waals surface area contributed by atoms with Crippen molar-refractivity contribution in [3.63, 3.8) is 0 Å². The van der Waals surface area contributed by atoms with Gasteiger partial charge in [-0.15, -0.1) is 0 Å². The van der Waals surface area contributed by atoms with Gasteiger partial charge >= 0.3 is 5.97 Å². The Kier molecular flexibility index (Phi) is 4.68. The van der Waals surface area contributed by atoms with Gasteiger partial charge in [-0.2, -0.15) is 0 Å². The minimum Gasteiger partial charge on any atom is -0.478 e. The Morgan fingerprint density at radius 1 is 1.20 bits per heavy atom. The summed E-state index contributed by atoms with van der Waals surface area (Å²) < 4.78 is 0. The van der Waals surface area contributed by atoms with E-state index >= 15 is 0 Å². The van der Waals surface area contributed by atoms with E-state index in [1.54, 1.807) is 0 Å². The molecule has 1 aliphatic carbocycles. The molecule has 1 fully saturated rings. The van der Waals surface area contributed by atoms with Gasteiger partial charge in [-0.3, -0.25) is 9.78 Å². The molecule has 1 amide bonds. The highest BCUT2D eigenvalue weighted by atomic mass is 16.4. The van der Waals surface area contributed by atoms with Crippen LogP contribution in [0.15, 0.2) is 18.3 Å². The van der Waals surface area contributed by atoms with Crippen molar-refractivity contribution >= 4 is 11.9 Å². The summed E-state index contributed by atoms with van der Waals surface area (Å²) in [6, 6.07) is 2.46. The first-order chi connectivity index (χ1) is 9.58. The van der Waals surface area contributed by atoms with E-state index in [1.807, 2.05) is 0 Å². The molecule has 1 aromatic rings. The molecule has 0 aromatic carbocycles. The number of hydrogen-bond acceptors (Lipinski definition) is 4. The van der Waals surface area contributed by atoms with Crippen LogP contribution in [0.1, 0.15) is 53.0 Å². The van der Waals surface area contributed by atoms with Crippen LogP contribution in [-0.2, 0) is 0 Å². The molecule has 0 bridgehead atoms. The number of carbonyl (C=O) groups excluding carboxylic acids is 1. The predicted octanol–water partition coefficient (Wildman–Crippen LogP) is 1.20. The lowest BCUT2D eigenvalue weighted by molar-refractivity contribution is 0.0695. The summed E-state index contributed by atoms with van der Waals surface area (Å²) >= 11 is 0. The highest BCUT2D eigenvalue weighted by molar-refractivity contribution is 5.93. The molecule has 1 aromatic heterocycles. The first-order valence-corrected chi connectivity index (χ1v) is 6.76. The van der Waals surface area contributed by atoms with Gasteiger partial charge in [0.15, 0.2) is 0 Å². The Balaban J connectivity index is 2.01. The number of nitrogens with zero attached hydrogens (tertiary/aromatic N) is 1. The number of amides is 1. The second-order valence-corrected chi connectivity index (χ2v) is 5.02. The van der Waals surface area contributed by atoms with Gasteiger partial charge in [0.2, 0.25) is 0 Å². The van der Waals surface area contributed by atoms with Crippen molar-refractivity contribution in [2.24, 2.45) is 0 Å². The summed E-state index contributed by atoms with van der Waals surface area (Å²) in [5.74, 6) is -1.46. The Hall–Kier alpha value is -1.95. The van der Waals surface area contributed by atoms with E-state index in [-0.39, 0.29) is 23.2 Å². The van der Waals surface area contributed by atoms with E-state index < -0.39 is 12.1 Å². The van der Waals surface area contributed by atoms with Crippen LogP contribution in [0, 0.1) is 0 Å². The van der Waals surface area contributed by atoms with E-state index in [0.29, 0.717) is 6.42 Å². The lowest BCUT2D eigenvalue weighted by atomic mass is 10.1. The first-order valence-electron chi connectivity index (χ1n) is 6.76. The van der Waals surface area contributed by atoms with Gasteiger partial charge < -0.3 is 15.5 Å². The fourth-order valence-electron chi connectivity index (χ4n) is 2.35. The number of rotatable bonds is 3. The first kappa shape index (κ1) is 14.5. The lowest BCUT2D eigenvalue weighted by Gasteiger charge is -2.21. The number of aromatic carboxylic acids is 1. The summed E-state index contributed by atoms with van der Waals surface area (Å²) in [7, 11) is 0. The molecule has 0 radical (unpaired) electrons. The van der Waals surface area contributed by atoms with E-state index in [9.17, 15) is 14.7 Å². The van der Waals surface area contributed by atoms with Gasteiger partial charge in [0.1, 0.15) is 5.69 Å². The highest BCUT2D eigenvalue weighted by Crippen LogP contribution is 2.18. The minimum absolute atomic E-state index is 0.0380. The monoisotopic (exact) mass is 278 g/mol. The summed E-state index contributed by atoms with van der Waals surface area (Å²) in [6.45, 7) is 0. The molecule has 0 spiro atoms. The van der Waals surface area contributed by atoms with Crippen molar-refractivity contribution < 1.29 is 19.8 Å². The van der Waals surface area contributed by atoms with Gasteiger partial charge in [-0.1, -0.05) is 19.3 Å². The quantitative estimate of drug-likeness (QED) is 0.721. The normalized spacial score (nSPS) is 22.9. The molecule has 1 heterocycles. The van der Waals surface area contributed by atoms with Crippen LogP contribution in [0.2, 0.25) is 0 Å². The number of carbonyl (C=O) groups is 2. The Bertz CT molecular complexity index is 486. The van der Waals surface area contributed by atoms with Crippen LogP contribution < -0.4 is 5.32 Å². The molecule has 1 saturated carbocycles. The lowest BCUT2D eigenvalue weighted by Crippen LogP contribution is -2.42. The van der Waals surface area contributed by atoms with Gasteiger partial charge in [0.25, 0.3) is 5.91 Å². The predicted molar refractivity (Wildman–Crippen MR) is 71.5 cm³/mol. The Morgan fingerprint density at radius 3 is 2.60 bits per heavy atom. The highest BCUT2D eigenvalue weighted by Gasteiger charge is 2.24. The number of carboxylic acid groups (broad SMARTS) is 1. The molecule has 6 heteroatoms. The molecule has 3 N–H and O–H groups in total. The molecule has 2 unspecified atom stereocenters. The van der Waals surface area contributed by atoms with Gasteiger partial charge in [0.05, 0.1) is 17.7 Å². The fraction of sp³-hybridized carbons (Fsp3) is 0.500. The SMILES string of the molecule is O=C(O)c1ccc(C(=O)NC2CCCCCC2O)nc1. The van der Waals surface area contributed by atoms with Crippen LogP contribution in [0.5, 0.6) is 0 Å². The van der Waals surface area contributed by atoms with E-state index in [0.717, 1.165) is 31.9 Å². The van der Waals surface area contributed by atoms with Gasteiger partial charge in [0, 0.05) is 6.20 Å². The van der Waals surface area contributed by atoms with E-state index in [1.165, 1.54) is 12.1 Å². The largest absolute Gasteiger partial charge is 0.478 e. The second kappa shape index (κ2) is 6.47. The standard InChI is InChI=1S/C14H18N2O4/c17-12-5-3-1-2-4-10(12)16-13(18)11-7-6-9(8-15-11)14(19)20/h6-8,10,12,17H,1-5H2,(H,16,18)(H,19,20). The zero-order valence-corrected chi connectivity index (χ0v) is 11.1. The number of hydrogen-bond donors (Lipinski definition) is 3. The number of nitrogens with one attached hydrogen (secondary N) is 1. The molecule has 2 rings (SSSR count). The smallest absolute Gasteiger partial charge is 0.337 e. The summed E-state index contributed by atoms with van der Waals surface area (Å²) in [4.78, 5) is 26.6.